The number of carboxylic acids is 1. The second-order valence-corrected chi connectivity index (χ2v) is 5.27. The van der Waals surface area contributed by atoms with Crippen LogP contribution in [0.2, 0.25) is 0 Å². The molecule has 0 radical (unpaired) electrons. The molecule has 0 bridgehead atoms. The Morgan fingerprint density at radius 2 is 1.79 bits per heavy atom. The molecule has 1 saturated carbocycles. The van der Waals surface area contributed by atoms with E-state index in [1.807, 2.05) is 0 Å². The molecule has 5 nitrogen and oxygen atoms in total. The summed E-state index contributed by atoms with van der Waals surface area (Å²) < 4.78 is 0. The van der Waals surface area contributed by atoms with Gasteiger partial charge in [-0.25, -0.2) is 4.79 Å². The van der Waals surface area contributed by atoms with Gasteiger partial charge in [0, 0.05) is 6.04 Å². The third kappa shape index (κ3) is 3.22. The van der Waals surface area contributed by atoms with E-state index in [9.17, 15) is 9.90 Å². The van der Waals surface area contributed by atoms with E-state index in [-0.39, 0.29) is 5.56 Å². The molecule has 1 aliphatic carbocycles. The first-order valence-corrected chi connectivity index (χ1v) is 6.93. The lowest BCUT2D eigenvalue weighted by atomic mass is 10.1. The van der Waals surface area contributed by atoms with E-state index in [1.165, 1.54) is 25.7 Å². The maximum atomic E-state index is 11.4. The van der Waals surface area contributed by atoms with Crippen molar-refractivity contribution in [3.05, 3.63) is 16.8 Å². The van der Waals surface area contributed by atoms with Crippen molar-refractivity contribution >= 4 is 11.8 Å². The molecule has 2 N–H and O–H groups in total. The van der Waals surface area contributed by atoms with Gasteiger partial charge >= 0.3 is 5.97 Å². The van der Waals surface area contributed by atoms with Gasteiger partial charge in [0.2, 0.25) is 0 Å². The van der Waals surface area contributed by atoms with Crippen LogP contribution in [-0.4, -0.2) is 27.3 Å². The fourth-order valence-corrected chi connectivity index (χ4v) is 2.59. The van der Waals surface area contributed by atoms with Crippen LogP contribution >= 0.6 is 0 Å². The van der Waals surface area contributed by atoms with Crippen molar-refractivity contribution in [3.63, 3.8) is 0 Å². The maximum absolute atomic E-state index is 11.4. The number of nitrogens with one attached hydrogen (secondary N) is 1. The van der Waals surface area contributed by atoms with Crippen molar-refractivity contribution in [2.24, 2.45) is 0 Å². The standard InChI is InChI=1S/C14H21N3O2/c1-9-10(2)16-17-13(12(9)14(18)19)15-11-7-5-3-4-6-8-11/h11H,3-8H2,1-2H3,(H,15,17)(H,18,19). The molecular weight excluding hydrogens is 242 g/mol. The van der Waals surface area contributed by atoms with E-state index in [4.69, 9.17) is 0 Å². The first-order valence-electron chi connectivity index (χ1n) is 6.93. The van der Waals surface area contributed by atoms with Crippen molar-refractivity contribution in [1.82, 2.24) is 10.2 Å². The summed E-state index contributed by atoms with van der Waals surface area (Å²) in [4.78, 5) is 11.4. The third-order valence-electron chi connectivity index (χ3n) is 3.86. The van der Waals surface area contributed by atoms with Gasteiger partial charge in [-0.05, 0) is 32.3 Å². The van der Waals surface area contributed by atoms with Crippen LogP contribution in [-0.2, 0) is 0 Å². The Bertz CT molecular complexity index is 466. The quantitative estimate of drug-likeness (QED) is 0.820. The van der Waals surface area contributed by atoms with Crippen LogP contribution in [0.4, 0.5) is 5.82 Å². The summed E-state index contributed by atoms with van der Waals surface area (Å²) in [6, 6.07) is 0.317. The van der Waals surface area contributed by atoms with E-state index in [0.29, 0.717) is 23.1 Å². The van der Waals surface area contributed by atoms with Crippen molar-refractivity contribution in [2.75, 3.05) is 5.32 Å². The Morgan fingerprint density at radius 1 is 1.16 bits per heavy atom. The van der Waals surface area contributed by atoms with E-state index in [2.05, 4.69) is 15.5 Å². The monoisotopic (exact) mass is 263 g/mol. The summed E-state index contributed by atoms with van der Waals surface area (Å²) in [7, 11) is 0. The number of carboxylic acid groups (broad SMARTS) is 1. The van der Waals surface area contributed by atoms with Gasteiger partial charge in [0.25, 0.3) is 0 Å². The van der Waals surface area contributed by atoms with Gasteiger partial charge in [0.15, 0.2) is 5.82 Å². The second kappa shape index (κ2) is 5.99. The minimum Gasteiger partial charge on any atom is -0.478 e. The van der Waals surface area contributed by atoms with Crippen molar-refractivity contribution < 1.29 is 9.90 Å². The summed E-state index contributed by atoms with van der Waals surface area (Å²) in [6.45, 7) is 3.57. The lowest BCUT2D eigenvalue weighted by Gasteiger charge is -2.18. The van der Waals surface area contributed by atoms with Crippen LogP contribution in [0.15, 0.2) is 0 Å². The maximum Gasteiger partial charge on any atom is 0.339 e. The van der Waals surface area contributed by atoms with Gasteiger partial charge in [-0.3, -0.25) is 0 Å². The Hall–Kier alpha value is -1.65. The molecule has 1 heterocycles. The Morgan fingerprint density at radius 3 is 2.37 bits per heavy atom. The number of hydrogen-bond acceptors (Lipinski definition) is 4. The summed E-state index contributed by atoms with van der Waals surface area (Å²) in [5.41, 5.74) is 1.62. The van der Waals surface area contributed by atoms with E-state index >= 15 is 0 Å². The molecule has 2 rings (SSSR count). The summed E-state index contributed by atoms with van der Waals surface area (Å²) in [5, 5.41) is 20.7. The Labute approximate surface area is 113 Å². The molecule has 5 heteroatoms. The topological polar surface area (TPSA) is 75.1 Å². The number of aryl methyl sites for hydroxylation is 1. The SMILES string of the molecule is Cc1nnc(NC2CCCCCC2)c(C(=O)O)c1C. The van der Waals surface area contributed by atoms with Crippen LogP contribution in [0.5, 0.6) is 0 Å². The highest BCUT2D eigenvalue weighted by Crippen LogP contribution is 2.24. The number of aromatic carboxylic acids is 1. The predicted molar refractivity (Wildman–Crippen MR) is 73.6 cm³/mol. The lowest BCUT2D eigenvalue weighted by Crippen LogP contribution is -2.22. The fourth-order valence-electron chi connectivity index (χ4n) is 2.59. The summed E-state index contributed by atoms with van der Waals surface area (Å²) in [6.07, 6.45) is 7.07. The average molecular weight is 263 g/mol. The van der Waals surface area contributed by atoms with Gasteiger partial charge < -0.3 is 10.4 Å². The van der Waals surface area contributed by atoms with Gasteiger partial charge in [0.1, 0.15) is 5.56 Å². The van der Waals surface area contributed by atoms with Crippen molar-refractivity contribution in [2.45, 2.75) is 58.4 Å². The fraction of sp³-hybridized carbons (Fsp3) is 0.643. The van der Waals surface area contributed by atoms with Crippen molar-refractivity contribution in [1.29, 1.82) is 0 Å². The minimum absolute atomic E-state index is 0.261. The normalized spacial score (nSPS) is 16.9. The molecule has 0 amide bonds. The summed E-state index contributed by atoms with van der Waals surface area (Å²) in [5.74, 6) is -0.519. The minimum atomic E-state index is -0.938. The van der Waals surface area contributed by atoms with Gasteiger partial charge in [-0.15, -0.1) is 5.10 Å². The van der Waals surface area contributed by atoms with Crippen LogP contribution in [0.3, 0.4) is 0 Å². The van der Waals surface area contributed by atoms with Crippen LogP contribution in [0.1, 0.15) is 60.1 Å². The van der Waals surface area contributed by atoms with Crippen LogP contribution in [0, 0.1) is 13.8 Å². The molecule has 0 aliphatic heterocycles. The zero-order valence-electron chi connectivity index (χ0n) is 11.6. The largest absolute Gasteiger partial charge is 0.478 e. The molecule has 1 aromatic rings. The molecule has 1 aromatic heterocycles. The van der Waals surface area contributed by atoms with Crippen LogP contribution < -0.4 is 5.32 Å². The molecular formula is C14H21N3O2. The Kier molecular flexibility index (Phi) is 4.35. The first kappa shape index (κ1) is 13.8. The van der Waals surface area contributed by atoms with Crippen LogP contribution in [0.25, 0.3) is 0 Å². The van der Waals surface area contributed by atoms with E-state index < -0.39 is 5.97 Å². The first-order chi connectivity index (χ1) is 9.09. The zero-order valence-corrected chi connectivity index (χ0v) is 11.6. The Balaban J connectivity index is 2.24. The number of hydrogen-bond donors (Lipinski definition) is 2. The predicted octanol–water partition coefficient (Wildman–Crippen LogP) is 2.93. The molecule has 0 unspecified atom stereocenters. The molecule has 0 saturated heterocycles. The highest BCUT2D eigenvalue weighted by molar-refractivity contribution is 5.94. The zero-order chi connectivity index (χ0) is 13.8. The van der Waals surface area contributed by atoms with Crippen molar-refractivity contribution in [3.8, 4) is 0 Å². The smallest absolute Gasteiger partial charge is 0.339 e. The highest BCUT2D eigenvalue weighted by Gasteiger charge is 2.20. The molecule has 1 aliphatic rings. The van der Waals surface area contributed by atoms with Gasteiger partial charge in [-0.1, -0.05) is 25.7 Å². The van der Waals surface area contributed by atoms with E-state index in [0.717, 1.165) is 12.8 Å². The van der Waals surface area contributed by atoms with E-state index in [1.54, 1.807) is 13.8 Å². The van der Waals surface area contributed by atoms with Gasteiger partial charge in [-0.2, -0.15) is 5.10 Å². The molecule has 0 spiro atoms. The number of aromatic nitrogens is 2. The number of rotatable bonds is 3. The number of anilines is 1. The highest BCUT2D eigenvalue weighted by atomic mass is 16.4. The molecule has 1 fully saturated rings. The molecule has 19 heavy (non-hydrogen) atoms. The van der Waals surface area contributed by atoms with Gasteiger partial charge in [0.05, 0.1) is 5.69 Å². The number of carbonyl (C=O) groups is 1. The average Bonchev–Trinajstić information content (AvgIpc) is 2.62. The molecule has 104 valence electrons. The third-order valence-corrected chi connectivity index (χ3v) is 3.86. The number of nitrogens with zero attached hydrogens (tertiary/aromatic N) is 2. The second-order valence-electron chi connectivity index (χ2n) is 5.27. The molecule has 0 aromatic carbocycles. The lowest BCUT2D eigenvalue weighted by molar-refractivity contribution is 0.0696. The molecule has 0 atom stereocenters. The summed E-state index contributed by atoms with van der Waals surface area (Å²) >= 11 is 0.